The molecular formula is C12H13F3N2. The van der Waals surface area contributed by atoms with Crippen molar-refractivity contribution in [3.63, 3.8) is 0 Å². The van der Waals surface area contributed by atoms with Crippen molar-refractivity contribution in [3.8, 4) is 0 Å². The number of aryl methyl sites for hydroxylation is 1. The summed E-state index contributed by atoms with van der Waals surface area (Å²) in [6.45, 7) is 4.98. The van der Waals surface area contributed by atoms with Crippen molar-refractivity contribution in [2.75, 3.05) is 5.43 Å². The van der Waals surface area contributed by atoms with E-state index >= 15 is 0 Å². The van der Waals surface area contributed by atoms with Crippen molar-refractivity contribution < 1.29 is 13.2 Å². The molecule has 0 saturated heterocycles. The van der Waals surface area contributed by atoms with Crippen molar-refractivity contribution in [1.82, 2.24) is 0 Å². The number of benzene rings is 1. The Morgan fingerprint density at radius 2 is 2.00 bits per heavy atom. The zero-order valence-electron chi connectivity index (χ0n) is 9.43. The van der Waals surface area contributed by atoms with E-state index in [4.69, 9.17) is 0 Å². The molecule has 0 aromatic heterocycles. The highest BCUT2D eigenvalue weighted by atomic mass is 19.4. The average molecular weight is 242 g/mol. The van der Waals surface area contributed by atoms with Crippen LogP contribution in [0.1, 0.15) is 35.4 Å². The number of anilines is 1. The van der Waals surface area contributed by atoms with Gasteiger partial charge in [0.05, 0.1) is 11.3 Å². The van der Waals surface area contributed by atoms with Crippen LogP contribution in [0.25, 0.3) is 0 Å². The molecule has 0 spiro atoms. The molecule has 1 fully saturated rings. The standard InChI is InChI=1S/C12H13F3N2/c1-7-5-9(8-3-4-8)10(12(13,14)15)6-11(7)17-16-2/h5-6,8,17H,2-4H2,1H3. The molecule has 1 aliphatic carbocycles. The van der Waals surface area contributed by atoms with Crippen LogP contribution in [-0.4, -0.2) is 6.72 Å². The summed E-state index contributed by atoms with van der Waals surface area (Å²) < 4.78 is 38.7. The minimum absolute atomic E-state index is 0.0658. The molecule has 0 unspecified atom stereocenters. The molecule has 1 aromatic rings. The predicted octanol–water partition coefficient (Wildman–Crippen LogP) is 3.92. The fraction of sp³-hybridized carbons (Fsp3) is 0.417. The van der Waals surface area contributed by atoms with Gasteiger partial charge in [0, 0.05) is 6.72 Å². The van der Waals surface area contributed by atoms with E-state index in [1.165, 1.54) is 0 Å². The van der Waals surface area contributed by atoms with Gasteiger partial charge in [0.25, 0.3) is 0 Å². The number of hydrogen-bond donors (Lipinski definition) is 1. The molecular weight excluding hydrogens is 229 g/mol. The lowest BCUT2D eigenvalue weighted by Gasteiger charge is -2.16. The second-order valence-electron chi connectivity index (χ2n) is 4.30. The summed E-state index contributed by atoms with van der Waals surface area (Å²) >= 11 is 0. The van der Waals surface area contributed by atoms with Gasteiger partial charge >= 0.3 is 6.18 Å². The molecule has 0 radical (unpaired) electrons. The van der Waals surface area contributed by atoms with E-state index in [0.29, 0.717) is 11.3 Å². The van der Waals surface area contributed by atoms with Gasteiger partial charge in [0.1, 0.15) is 0 Å². The highest BCUT2D eigenvalue weighted by Gasteiger charge is 2.38. The fourth-order valence-electron chi connectivity index (χ4n) is 1.91. The lowest BCUT2D eigenvalue weighted by Crippen LogP contribution is -2.10. The summed E-state index contributed by atoms with van der Waals surface area (Å²) in [6.07, 6.45) is -2.63. The molecule has 1 saturated carbocycles. The zero-order chi connectivity index (χ0) is 12.6. The van der Waals surface area contributed by atoms with Crippen molar-refractivity contribution >= 4 is 12.4 Å². The summed E-state index contributed by atoms with van der Waals surface area (Å²) in [5.74, 6) is 0.0658. The number of hydrogen-bond acceptors (Lipinski definition) is 2. The number of rotatable bonds is 3. The largest absolute Gasteiger partial charge is 0.416 e. The average Bonchev–Trinajstić information content (AvgIpc) is 3.02. The third-order valence-corrected chi connectivity index (χ3v) is 2.92. The second-order valence-corrected chi connectivity index (χ2v) is 4.30. The van der Waals surface area contributed by atoms with Gasteiger partial charge in [-0.15, -0.1) is 0 Å². The molecule has 92 valence electrons. The lowest BCUT2D eigenvalue weighted by atomic mass is 9.98. The Kier molecular flexibility index (Phi) is 2.85. The molecule has 5 heteroatoms. The molecule has 1 N–H and O–H groups in total. The van der Waals surface area contributed by atoms with Gasteiger partial charge in [-0.05, 0) is 42.9 Å². The molecule has 0 bridgehead atoms. The van der Waals surface area contributed by atoms with Crippen LogP contribution < -0.4 is 5.43 Å². The van der Waals surface area contributed by atoms with Crippen LogP contribution in [0, 0.1) is 6.92 Å². The minimum atomic E-state index is -4.32. The van der Waals surface area contributed by atoms with E-state index in [9.17, 15) is 13.2 Å². The topological polar surface area (TPSA) is 24.4 Å². The number of nitrogens with zero attached hydrogens (tertiary/aromatic N) is 1. The number of alkyl halides is 3. The number of hydrazone groups is 1. The van der Waals surface area contributed by atoms with E-state index in [1.54, 1.807) is 13.0 Å². The molecule has 0 amide bonds. The van der Waals surface area contributed by atoms with Crippen LogP contribution in [0.3, 0.4) is 0 Å². The van der Waals surface area contributed by atoms with E-state index in [2.05, 4.69) is 17.2 Å². The van der Waals surface area contributed by atoms with Crippen LogP contribution in [-0.2, 0) is 6.18 Å². The zero-order valence-corrected chi connectivity index (χ0v) is 9.43. The SMILES string of the molecule is C=NNc1cc(C(F)(F)F)c(C2CC2)cc1C. The normalized spacial score (nSPS) is 15.8. The summed E-state index contributed by atoms with van der Waals surface area (Å²) in [4.78, 5) is 0. The molecule has 0 heterocycles. The Labute approximate surface area is 97.5 Å². The van der Waals surface area contributed by atoms with Crippen LogP contribution in [0.2, 0.25) is 0 Å². The maximum absolute atomic E-state index is 12.9. The van der Waals surface area contributed by atoms with Crippen LogP contribution in [0.5, 0.6) is 0 Å². The first-order valence-corrected chi connectivity index (χ1v) is 5.37. The van der Waals surface area contributed by atoms with Crippen molar-refractivity contribution in [1.29, 1.82) is 0 Å². The Morgan fingerprint density at radius 1 is 1.35 bits per heavy atom. The molecule has 2 rings (SSSR count). The van der Waals surface area contributed by atoms with Crippen molar-refractivity contribution in [2.45, 2.75) is 31.9 Å². The van der Waals surface area contributed by atoms with Gasteiger partial charge < -0.3 is 0 Å². The van der Waals surface area contributed by atoms with Gasteiger partial charge in [-0.1, -0.05) is 6.07 Å². The van der Waals surface area contributed by atoms with Gasteiger partial charge in [-0.25, -0.2) is 0 Å². The highest BCUT2D eigenvalue weighted by Crippen LogP contribution is 2.47. The molecule has 2 nitrogen and oxygen atoms in total. The molecule has 0 atom stereocenters. The lowest BCUT2D eigenvalue weighted by molar-refractivity contribution is -0.138. The summed E-state index contributed by atoms with van der Waals surface area (Å²) in [6, 6.07) is 2.73. The maximum atomic E-state index is 12.9. The van der Waals surface area contributed by atoms with E-state index in [-0.39, 0.29) is 5.92 Å². The quantitative estimate of drug-likeness (QED) is 0.630. The van der Waals surface area contributed by atoms with Gasteiger partial charge in [-0.3, -0.25) is 5.43 Å². The Bertz CT molecular complexity index is 448. The minimum Gasteiger partial charge on any atom is -0.279 e. The third-order valence-electron chi connectivity index (χ3n) is 2.92. The monoisotopic (exact) mass is 242 g/mol. The van der Waals surface area contributed by atoms with Gasteiger partial charge in [0.2, 0.25) is 0 Å². The third kappa shape index (κ3) is 2.43. The van der Waals surface area contributed by atoms with E-state index < -0.39 is 11.7 Å². The first-order valence-electron chi connectivity index (χ1n) is 5.37. The first-order chi connectivity index (χ1) is 7.93. The van der Waals surface area contributed by atoms with Crippen LogP contribution in [0.4, 0.5) is 18.9 Å². The number of halogens is 3. The summed E-state index contributed by atoms with van der Waals surface area (Å²) in [5, 5.41) is 3.41. The van der Waals surface area contributed by atoms with Crippen LogP contribution >= 0.6 is 0 Å². The Balaban J connectivity index is 2.52. The molecule has 1 aliphatic rings. The van der Waals surface area contributed by atoms with E-state index in [0.717, 1.165) is 24.5 Å². The maximum Gasteiger partial charge on any atom is 0.416 e. The second kappa shape index (κ2) is 4.05. The highest BCUT2D eigenvalue weighted by molar-refractivity contribution is 5.57. The first kappa shape index (κ1) is 12.0. The van der Waals surface area contributed by atoms with Crippen molar-refractivity contribution in [2.24, 2.45) is 5.10 Å². The van der Waals surface area contributed by atoms with Gasteiger partial charge in [0.15, 0.2) is 0 Å². The molecule has 0 aliphatic heterocycles. The smallest absolute Gasteiger partial charge is 0.279 e. The van der Waals surface area contributed by atoms with Gasteiger partial charge in [-0.2, -0.15) is 18.3 Å². The Hall–Kier alpha value is -1.52. The number of nitrogens with one attached hydrogen (secondary N) is 1. The Morgan fingerprint density at radius 3 is 2.47 bits per heavy atom. The van der Waals surface area contributed by atoms with E-state index in [1.807, 2.05) is 0 Å². The molecule has 17 heavy (non-hydrogen) atoms. The summed E-state index contributed by atoms with van der Waals surface area (Å²) in [5.41, 5.74) is 3.45. The summed E-state index contributed by atoms with van der Waals surface area (Å²) in [7, 11) is 0. The van der Waals surface area contributed by atoms with Crippen LogP contribution in [0.15, 0.2) is 17.2 Å². The van der Waals surface area contributed by atoms with Crippen molar-refractivity contribution in [3.05, 3.63) is 28.8 Å². The fourth-order valence-corrected chi connectivity index (χ4v) is 1.91. The predicted molar refractivity (Wildman–Crippen MR) is 61.3 cm³/mol. The molecule has 1 aromatic carbocycles.